The van der Waals surface area contributed by atoms with Crippen LogP contribution >= 0.6 is 0 Å². The number of aromatic nitrogens is 1. The number of sulfonamides is 1. The first kappa shape index (κ1) is 15.7. The van der Waals surface area contributed by atoms with Crippen LogP contribution in [0.3, 0.4) is 0 Å². The lowest BCUT2D eigenvalue weighted by molar-refractivity contribution is -0.137. The predicted octanol–water partition coefficient (Wildman–Crippen LogP) is -0.887. The normalized spacial score (nSPS) is 19.5. The van der Waals surface area contributed by atoms with Crippen LogP contribution in [-0.2, 0) is 19.6 Å². The fourth-order valence-corrected chi connectivity index (χ4v) is 2.39. The van der Waals surface area contributed by atoms with E-state index in [-0.39, 0.29) is 18.6 Å². The number of anilines is 1. The third-order valence-electron chi connectivity index (χ3n) is 3.03. The molecule has 0 unspecified atom stereocenters. The van der Waals surface area contributed by atoms with Crippen LogP contribution in [0, 0.1) is 0 Å². The number of amides is 1. The Labute approximate surface area is 123 Å². The number of hydrogen-bond acceptors (Lipinski definition) is 6. The van der Waals surface area contributed by atoms with Gasteiger partial charge in [0, 0.05) is 6.54 Å². The first-order valence-corrected chi connectivity index (χ1v) is 8.31. The van der Waals surface area contributed by atoms with Gasteiger partial charge in [-0.3, -0.25) is 4.79 Å². The molecule has 1 aliphatic heterocycles. The van der Waals surface area contributed by atoms with Crippen molar-refractivity contribution in [2.24, 2.45) is 0 Å². The van der Waals surface area contributed by atoms with Crippen LogP contribution in [0.4, 0.5) is 5.82 Å². The summed E-state index contributed by atoms with van der Waals surface area (Å²) >= 11 is 0. The summed E-state index contributed by atoms with van der Waals surface area (Å²) in [5.74, 6) is 0.0934. The zero-order valence-corrected chi connectivity index (χ0v) is 12.5. The second kappa shape index (κ2) is 6.37. The van der Waals surface area contributed by atoms with E-state index in [0.29, 0.717) is 31.2 Å². The van der Waals surface area contributed by atoms with Crippen LogP contribution in [0.15, 0.2) is 18.2 Å². The van der Waals surface area contributed by atoms with E-state index in [1.54, 1.807) is 23.1 Å². The smallest absolute Gasteiger partial charge is 0.237 e. The molecule has 116 valence electrons. The number of nitrogens with zero attached hydrogens (tertiary/aromatic N) is 2. The quantitative estimate of drug-likeness (QED) is 0.745. The average Bonchev–Trinajstić information content (AvgIpc) is 2.44. The Morgan fingerprint density at radius 2 is 2.33 bits per heavy atom. The molecule has 2 heterocycles. The van der Waals surface area contributed by atoms with Gasteiger partial charge in [0.1, 0.15) is 11.9 Å². The topological polar surface area (TPSA) is 115 Å². The van der Waals surface area contributed by atoms with Crippen molar-refractivity contribution in [1.82, 2.24) is 14.6 Å². The lowest BCUT2D eigenvalue weighted by Crippen LogP contribution is -2.46. The minimum atomic E-state index is -3.39. The predicted molar refractivity (Wildman–Crippen MR) is 76.8 cm³/mol. The molecule has 0 aliphatic carbocycles. The highest BCUT2D eigenvalue weighted by atomic mass is 32.2. The summed E-state index contributed by atoms with van der Waals surface area (Å²) in [5, 5.41) is 0. The van der Waals surface area contributed by atoms with Crippen LogP contribution in [0.1, 0.15) is 11.8 Å². The molecular weight excluding hydrogens is 296 g/mol. The molecule has 0 aromatic carbocycles. The van der Waals surface area contributed by atoms with Crippen molar-refractivity contribution in [3.8, 4) is 0 Å². The third-order valence-corrected chi connectivity index (χ3v) is 3.70. The number of carbonyl (C=O) groups is 1. The van der Waals surface area contributed by atoms with Gasteiger partial charge in [-0.15, -0.1) is 0 Å². The molecule has 0 bridgehead atoms. The zero-order valence-electron chi connectivity index (χ0n) is 11.7. The van der Waals surface area contributed by atoms with Gasteiger partial charge in [0.2, 0.25) is 15.9 Å². The number of ether oxygens (including phenoxy) is 1. The molecule has 1 atom stereocenters. The van der Waals surface area contributed by atoms with Crippen molar-refractivity contribution >= 4 is 21.7 Å². The summed E-state index contributed by atoms with van der Waals surface area (Å²) in [6.07, 6.45) is 0.656. The van der Waals surface area contributed by atoms with Gasteiger partial charge in [-0.1, -0.05) is 6.07 Å². The number of carbonyl (C=O) groups excluding carboxylic acids is 1. The van der Waals surface area contributed by atoms with Crippen LogP contribution in [0.5, 0.6) is 0 Å². The van der Waals surface area contributed by atoms with Crippen LogP contribution in [0.2, 0.25) is 0 Å². The Kier molecular flexibility index (Phi) is 4.76. The van der Waals surface area contributed by atoms with Gasteiger partial charge < -0.3 is 15.4 Å². The van der Waals surface area contributed by atoms with Crippen molar-refractivity contribution in [2.45, 2.75) is 6.10 Å². The number of hydrogen-bond donors (Lipinski definition) is 2. The van der Waals surface area contributed by atoms with E-state index >= 15 is 0 Å². The van der Waals surface area contributed by atoms with Crippen LogP contribution in [-0.4, -0.2) is 56.7 Å². The first-order valence-electron chi connectivity index (χ1n) is 6.41. The Hall–Kier alpha value is -1.71. The summed E-state index contributed by atoms with van der Waals surface area (Å²) < 4.78 is 29.8. The number of nitrogens with two attached hydrogens (primary N) is 1. The standard InChI is InChI=1S/C12H18N4O4S/c1-21(18,19)14-7-12(17)16-5-6-20-10(8-16)9-3-2-4-11(13)15-9/h2-4,10,14H,5-8H2,1H3,(H2,13,15)/t10-/m0/s1. The fourth-order valence-electron chi connectivity index (χ4n) is 2.01. The van der Waals surface area contributed by atoms with E-state index in [1.807, 2.05) is 0 Å². The fraction of sp³-hybridized carbons (Fsp3) is 0.500. The van der Waals surface area contributed by atoms with Gasteiger partial charge in [-0.05, 0) is 12.1 Å². The molecule has 2 rings (SSSR count). The molecule has 3 N–H and O–H groups in total. The maximum Gasteiger partial charge on any atom is 0.237 e. The molecule has 9 heteroatoms. The second-order valence-corrected chi connectivity index (χ2v) is 6.61. The molecule has 1 fully saturated rings. The molecule has 1 aromatic rings. The summed E-state index contributed by atoms with van der Waals surface area (Å²) in [4.78, 5) is 17.7. The second-order valence-electron chi connectivity index (χ2n) is 4.78. The van der Waals surface area contributed by atoms with Gasteiger partial charge in [-0.25, -0.2) is 18.1 Å². The van der Waals surface area contributed by atoms with Gasteiger partial charge >= 0.3 is 0 Å². The maximum absolute atomic E-state index is 12.0. The molecule has 21 heavy (non-hydrogen) atoms. The van der Waals surface area contributed by atoms with Crippen molar-refractivity contribution < 1.29 is 17.9 Å². The molecule has 0 radical (unpaired) electrons. The van der Waals surface area contributed by atoms with E-state index < -0.39 is 10.0 Å². The molecule has 1 aromatic heterocycles. The largest absolute Gasteiger partial charge is 0.384 e. The molecule has 1 saturated heterocycles. The maximum atomic E-state index is 12.0. The highest BCUT2D eigenvalue weighted by molar-refractivity contribution is 7.88. The van der Waals surface area contributed by atoms with Gasteiger partial charge in [-0.2, -0.15) is 0 Å². The molecule has 1 aliphatic rings. The monoisotopic (exact) mass is 314 g/mol. The summed E-state index contributed by atoms with van der Waals surface area (Å²) in [6.45, 7) is 0.853. The molecule has 0 spiro atoms. The number of pyridine rings is 1. The lowest BCUT2D eigenvalue weighted by atomic mass is 10.2. The Morgan fingerprint density at radius 3 is 3.00 bits per heavy atom. The van der Waals surface area contributed by atoms with E-state index in [4.69, 9.17) is 10.5 Å². The minimum Gasteiger partial charge on any atom is -0.384 e. The van der Waals surface area contributed by atoms with Crippen molar-refractivity contribution in [2.75, 3.05) is 38.2 Å². The van der Waals surface area contributed by atoms with Gasteiger partial charge in [0.15, 0.2) is 0 Å². The van der Waals surface area contributed by atoms with E-state index in [9.17, 15) is 13.2 Å². The van der Waals surface area contributed by atoms with Crippen molar-refractivity contribution in [3.05, 3.63) is 23.9 Å². The Morgan fingerprint density at radius 1 is 1.57 bits per heavy atom. The van der Waals surface area contributed by atoms with Crippen molar-refractivity contribution in [3.63, 3.8) is 0 Å². The Bertz CT molecular complexity index is 619. The first-order chi connectivity index (χ1) is 9.85. The van der Waals surface area contributed by atoms with Crippen LogP contribution < -0.4 is 10.5 Å². The number of nitrogens with one attached hydrogen (secondary N) is 1. The number of rotatable bonds is 4. The van der Waals surface area contributed by atoms with E-state index in [0.717, 1.165) is 6.26 Å². The van der Waals surface area contributed by atoms with Crippen LogP contribution in [0.25, 0.3) is 0 Å². The van der Waals surface area contributed by atoms with Gasteiger partial charge in [0.25, 0.3) is 0 Å². The number of nitrogen functional groups attached to an aromatic ring is 1. The number of morpholine rings is 1. The molecular formula is C12H18N4O4S. The summed E-state index contributed by atoms with van der Waals surface area (Å²) in [5.41, 5.74) is 6.29. The highest BCUT2D eigenvalue weighted by Crippen LogP contribution is 2.21. The molecule has 1 amide bonds. The highest BCUT2D eigenvalue weighted by Gasteiger charge is 2.26. The Balaban J connectivity index is 1.99. The molecule has 8 nitrogen and oxygen atoms in total. The third kappa shape index (κ3) is 4.66. The summed E-state index contributed by atoms with van der Waals surface area (Å²) in [6, 6.07) is 5.22. The SMILES string of the molecule is CS(=O)(=O)NCC(=O)N1CCO[C@H](c2cccc(N)n2)C1. The van der Waals surface area contributed by atoms with Crippen molar-refractivity contribution in [1.29, 1.82) is 0 Å². The average molecular weight is 314 g/mol. The van der Waals surface area contributed by atoms with Gasteiger partial charge in [0.05, 0.1) is 31.6 Å². The zero-order chi connectivity index (χ0) is 15.5. The van der Waals surface area contributed by atoms with E-state index in [2.05, 4.69) is 9.71 Å². The van der Waals surface area contributed by atoms with E-state index in [1.165, 1.54) is 0 Å². The molecule has 0 saturated carbocycles. The minimum absolute atomic E-state index is 0.254. The summed E-state index contributed by atoms with van der Waals surface area (Å²) in [7, 11) is -3.39. The lowest BCUT2D eigenvalue weighted by Gasteiger charge is -2.32.